The molecular weight excluding hydrogens is 376 g/mol. The molecule has 0 aliphatic heterocycles. The van der Waals surface area contributed by atoms with E-state index < -0.39 is 0 Å². The van der Waals surface area contributed by atoms with E-state index >= 15 is 0 Å². The van der Waals surface area contributed by atoms with Crippen molar-refractivity contribution in [2.45, 2.75) is 5.75 Å². The van der Waals surface area contributed by atoms with E-state index in [0.717, 1.165) is 33.5 Å². The van der Waals surface area contributed by atoms with E-state index in [9.17, 15) is 0 Å². The Kier molecular flexibility index (Phi) is 5.98. The smallest absolute Gasteiger partial charge is 0.180 e. The van der Waals surface area contributed by atoms with Crippen LogP contribution in [0.1, 0.15) is 11.1 Å². The predicted molar refractivity (Wildman–Crippen MR) is 124 cm³/mol. The number of thioether (sulfide) groups is 1. The van der Waals surface area contributed by atoms with E-state index in [1.807, 2.05) is 60.7 Å². The molecule has 4 nitrogen and oxygen atoms in total. The Bertz CT molecular complexity index is 1160. The first-order chi connectivity index (χ1) is 14.3. The minimum absolute atomic E-state index is 0.440. The van der Waals surface area contributed by atoms with Gasteiger partial charge in [0.2, 0.25) is 0 Å². The Balaban J connectivity index is 1.47. The Morgan fingerprint density at radius 1 is 0.897 bits per heavy atom. The summed E-state index contributed by atoms with van der Waals surface area (Å²) in [7, 11) is 0. The van der Waals surface area contributed by atoms with Crippen molar-refractivity contribution in [3.63, 3.8) is 0 Å². The molecule has 1 aromatic heterocycles. The molecule has 0 spiro atoms. The van der Waals surface area contributed by atoms with Gasteiger partial charge in [0.1, 0.15) is 0 Å². The largest absolute Gasteiger partial charge is 0.377 e. The van der Waals surface area contributed by atoms with Gasteiger partial charge in [-0.1, -0.05) is 90.6 Å². The minimum Gasteiger partial charge on any atom is -0.377 e. The van der Waals surface area contributed by atoms with Gasteiger partial charge < -0.3 is 5.73 Å². The van der Waals surface area contributed by atoms with Crippen LogP contribution in [-0.4, -0.2) is 16.4 Å². The summed E-state index contributed by atoms with van der Waals surface area (Å²) in [6, 6.07) is 30.5. The summed E-state index contributed by atoms with van der Waals surface area (Å²) >= 11 is 1.47. The molecule has 29 heavy (non-hydrogen) atoms. The van der Waals surface area contributed by atoms with Gasteiger partial charge in [-0.2, -0.15) is 5.10 Å². The molecule has 0 atom stereocenters. The lowest BCUT2D eigenvalue weighted by Crippen LogP contribution is -2.05. The quantitative estimate of drug-likeness (QED) is 0.276. The normalized spacial score (nSPS) is 11.9. The molecule has 2 N–H and O–H groups in total. The van der Waals surface area contributed by atoms with Crippen molar-refractivity contribution in [3.05, 3.63) is 102 Å². The van der Waals surface area contributed by atoms with Crippen molar-refractivity contribution in [2.75, 3.05) is 0 Å². The molecule has 0 saturated carbocycles. The lowest BCUT2D eigenvalue weighted by molar-refractivity contribution is 1.25. The number of benzene rings is 3. The number of pyridine rings is 1. The summed E-state index contributed by atoms with van der Waals surface area (Å²) in [4.78, 5) is 4.79. The average molecular weight is 397 g/mol. The van der Waals surface area contributed by atoms with Crippen LogP contribution in [0.25, 0.3) is 22.2 Å². The second-order valence-electron chi connectivity index (χ2n) is 6.47. The van der Waals surface area contributed by atoms with E-state index in [-0.39, 0.29) is 0 Å². The minimum atomic E-state index is 0.440. The number of hydrogen-bond donors (Lipinski definition) is 1. The highest BCUT2D eigenvalue weighted by molar-refractivity contribution is 8.13. The molecule has 0 fully saturated rings. The van der Waals surface area contributed by atoms with Gasteiger partial charge >= 0.3 is 0 Å². The molecule has 4 aromatic rings. The first-order valence-electron chi connectivity index (χ1n) is 9.27. The third-order valence-corrected chi connectivity index (χ3v) is 5.23. The molecule has 0 saturated heterocycles. The zero-order valence-corrected chi connectivity index (χ0v) is 16.6. The first-order valence-corrected chi connectivity index (χ1v) is 10.3. The second-order valence-corrected chi connectivity index (χ2v) is 7.47. The maximum atomic E-state index is 5.95. The number of nitrogens with zero attached hydrogens (tertiary/aromatic N) is 3. The SMILES string of the molecule is NC(=NN=Cc1ccc2ccc(-c3ccccc3)nc2c1)SCc1ccccc1. The zero-order valence-electron chi connectivity index (χ0n) is 15.8. The van der Waals surface area contributed by atoms with Crippen LogP contribution < -0.4 is 5.73 Å². The topological polar surface area (TPSA) is 63.6 Å². The van der Waals surface area contributed by atoms with Crippen LogP contribution in [0.2, 0.25) is 0 Å². The lowest BCUT2D eigenvalue weighted by atomic mass is 10.1. The summed E-state index contributed by atoms with van der Waals surface area (Å²) in [6.45, 7) is 0. The van der Waals surface area contributed by atoms with E-state index in [1.54, 1.807) is 6.21 Å². The van der Waals surface area contributed by atoms with E-state index in [1.165, 1.54) is 17.3 Å². The van der Waals surface area contributed by atoms with Crippen LogP contribution in [0.15, 0.2) is 101 Å². The fraction of sp³-hybridized carbons (Fsp3) is 0.0417. The van der Waals surface area contributed by atoms with Crippen molar-refractivity contribution in [1.82, 2.24) is 4.98 Å². The van der Waals surface area contributed by atoms with Gasteiger partial charge in [0, 0.05) is 16.7 Å². The molecule has 142 valence electrons. The highest BCUT2D eigenvalue weighted by atomic mass is 32.2. The second kappa shape index (κ2) is 9.17. The number of aromatic nitrogens is 1. The van der Waals surface area contributed by atoms with Gasteiger partial charge in [-0.25, -0.2) is 4.98 Å². The summed E-state index contributed by atoms with van der Waals surface area (Å²) < 4.78 is 0. The molecule has 5 heteroatoms. The predicted octanol–water partition coefficient (Wildman–Crippen LogP) is 5.48. The fourth-order valence-electron chi connectivity index (χ4n) is 2.90. The number of rotatable bonds is 5. The fourth-order valence-corrected chi connectivity index (χ4v) is 3.51. The van der Waals surface area contributed by atoms with E-state index in [4.69, 9.17) is 10.7 Å². The van der Waals surface area contributed by atoms with Crippen LogP contribution in [-0.2, 0) is 5.75 Å². The van der Waals surface area contributed by atoms with Crippen LogP contribution >= 0.6 is 11.8 Å². The van der Waals surface area contributed by atoms with Crippen LogP contribution in [0.4, 0.5) is 0 Å². The Hall–Kier alpha value is -3.44. The number of hydrogen-bond acceptors (Lipinski definition) is 4. The van der Waals surface area contributed by atoms with Gasteiger partial charge in [0.05, 0.1) is 17.4 Å². The Morgan fingerprint density at radius 2 is 1.62 bits per heavy atom. The molecule has 0 amide bonds. The first kappa shape index (κ1) is 18.9. The van der Waals surface area contributed by atoms with Crippen LogP contribution in [0.5, 0.6) is 0 Å². The van der Waals surface area contributed by atoms with Crippen molar-refractivity contribution < 1.29 is 0 Å². The highest BCUT2D eigenvalue weighted by Crippen LogP contribution is 2.21. The van der Waals surface area contributed by atoms with Crippen molar-refractivity contribution in [2.24, 2.45) is 15.9 Å². The van der Waals surface area contributed by atoms with Crippen LogP contribution in [0.3, 0.4) is 0 Å². The number of amidine groups is 1. The number of nitrogens with two attached hydrogens (primary N) is 1. The van der Waals surface area contributed by atoms with Gasteiger partial charge in [0.15, 0.2) is 5.17 Å². The van der Waals surface area contributed by atoms with E-state index in [0.29, 0.717) is 5.17 Å². The molecule has 0 aliphatic carbocycles. The molecule has 4 rings (SSSR count). The molecule has 3 aromatic carbocycles. The summed E-state index contributed by atoms with van der Waals surface area (Å²) in [6.07, 6.45) is 1.70. The summed E-state index contributed by atoms with van der Waals surface area (Å²) in [5, 5.41) is 9.74. The monoisotopic (exact) mass is 396 g/mol. The Labute approximate surface area is 174 Å². The highest BCUT2D eigenvalue weighted by Gasteiger charge is 2.02. The molecule has 0 unspecified atom stereocenters. The van der Waals surface area contributed by atoms with Crippen molar-refractivity contribution in [1.29, 1.82) is 0 Å². The molecule has 0 bridgehead atoms. The zero-order chi connectivity index (χ0) is 19.9. The van der Waals surface area contributed by atoms with Gasteiger partial charge in [-0.05, 0) is 23.3 Å². The van der Waals surface area contributed by atoms with Crippen molar-refractivity contribution in [3.8, 4) is 11.3 Å². The van der Waals surface area contributed by atoms with Gasteiger partial charge in [-0.3, -0.25) is 0 Å². The van der Waals surface area contributed by atoms with E-state index in [2.05, 4.69) is 40.5 Å². The molecule has 0 radical (unpaired) electrons. The summed E-state index contributed by atoms with van der Waals surface area (Å²) in [5.74, 6) is 0.772. The number of fused-ring (bicyclic) bond motifs is 1. The maximum Gasteiger partial charge on any atom is 0.180 e. The lowest BCUT2D eigenvalue weighted by Gasteiger charge is -2.04. The molecule has 1 heterocycles. The van der Waals surface area contributed by atoms with Gasteiger partial charge in [0.25, 0.3) is 0 Å². The molecule has 0 aliphatic rings. The standard InChI is InChI=1S/C24H20N4S/c25-24(29-17-18-7-3-1-4-8-18)28-26-16-19-11-12-21-13-14-22(27-23(21)15-19)20-9-5-2-6-10-20/h1-16H,17H2,(H2,25,28). The Morgan fingerprint density at radius 3 is 2.41 bits per heavy atom. The third-order valence-electron chi connectivity index (χ3n) is 4.38. The average Bonchev–Trinajstić information content (AvgIpc) is 2.78. The van der Waals surface area contributed by atoms with Crippen molar-refractivity contribution >= 4 is 34.0 Å². The summed E-state index contributed by atoms with van der Waals surface area (Å²) in [5.41, 5.74) is 11.1. The van der Waals surface area contributed by atoms with Crippen LogP contribution in [0, 0.1) is 0 Å². The maximum absolute atomic E-state index is 5.95. The van der Waals surface area contributed by atoms with Gasteiger partial charge in [-0.15, -0.1) is 5.10 Å². The molecular formula is C24H20N4S. The third kappa shape index (κ3) is 5.09.